The van der Waals surface area contributed by atoms with Gasteiger partial charge in [0.05, 0.1) is 10.6 Å². The maximum Gasteiger partial charge on any atom is 0.266 e. The molecule has 0 saturated carbocycles. The third kappa shape index (κ3) is 3.57. The molecule has 1 amide bonds. The van der Waals surface area contributed by atoms with Gasteiger partial charge in [0.25, 0.3) is 5.91 Å². The summed E-state index contributed by atoms with van der Waals surface area (Å²) in [4.78, 5) is 20.6. The Hall–Kier alpha value is -1.98. The number of thioether (sulfide) groups is 2. The van der Waals surface area contributed by atoms with Gasteiger partial charge in [-0.2, -0.15) is 0 Å². The van der Waals surface area contributed by atoms with Crippen LogP contribution in [0.3, 0.4) is 0 Å². The van der Waals surface area contributed by atoms with Crippen molar-refractivity contribution in [1.82, 2.24) is 4.90 Å². The molecular weight excluding hydrogens is 336 g/mol. The van der Waals surface area contributed by atoms with Gasteiger partial charge in [-0.25, -0.2) is 4.99 Å². The lowest BCUT2D eigenvalue weighted by molar-refractivity contribution is -0.121. The van der Waals surface area contributed by atoms with Gasteiger partial charge in [-0.1, -0.05) is 30.3 Å². The zero-order valence-electron chi connectivity index (χ0n) is 13.8. The van der Waals surface area contributed by atoms with E-state index in [0.717, 1.165) is 16.8 Å². The minimum Gasteiger partial charge on any atom is -0.290 e. The van der Waals surface area contributed by atoms with E-state index < -0.39 is 0 Å². The minimum atomic E-state index is -0.0127. The molecule has 3 nitrogen and oxygen atoms in total. The van der Waals surface area contributed by atoms with Crippen LogP contribution in [0.25, 0.3) is 6.08 Å². The topological polar surface area (TPSA) is 32.7 Å². The molecule has 1 aliphatic rings. The highest BCUT2D eigenvalue weighted by molar-refractivity contribution is 8.18. The zero-order chi connectivity index (χ0) is 17.1. The number of rotatable bonds is 3. The number of amidine groups is 1. The smallest absolute Gasteiger partial charge is 0.266 e. The molecule has 1 heterocycles. The largest absolute Gasteiger partial charge is 0.290 e. The first-order chi connectivity index (χ1) is 11.6. The molecule has 5 heteroatoms. The van der Waals surface area contributed by atoms with Gasteiger partial charge >= 0.3 is 0 Å². The van der Waals surface area contributed by atoms with Gasteiger partial charge in [0.1, 0.15) is 0 Å². The lowest BCUT2D eigenvalue weighted by Crippen LogP contribution is -2.23. The number of likely N-dealkylation sites (N-methyl/N-ethyl adjacent to an activating group) is 1. The second kappa shape index (κ2) is 7.28. The Morgan fingerprint density at radius 3 is 2.50 bits per heavy atom. The van der Waals surface area contributed by atoms with E-state index in [2.05, 4.69) is 17.1 Å². The molecule has 1 saturated heterocycles. The number of hydrogen-bond donors (Lipinski definition) is 0. The number of aryl methyl sites for hydroxylation is 1. The van der Waals surface area contributed by atoms with E-state index in [1.165, 1.54) is 16.7 Å². The van der Waals surface area contributed by atoms with Crippen LogP contribution in [-0.2, 0) is 4.79 Å². The maximum atomic E-state index is 12.5. The van der Waals surface area contributed by atoms with Gasteiger partial charge in [0.15, 0.2) is 5.17 Å². The summed E-state index contributed by atoms with van der Waals surface area (Å²) in [6.07, 6.45) is 3.97. The average Bonchev–Trinajstić information content (AvgIpc) is 2.86. The van der Waals surface area contributed by atoms with Gasteiger partial charge in [-0.05, 0) is 60.3 Å². The number of benzene rings is 2. The minimum absolute atomic E-state index is 0.0127. The molecule has 0 unspecified atom stereocenters. The van der Waals surface area contributed by atoms with Crippen molar-refractivity contribution >= 4 is 46.4 Å². The number of aliphatic imine (C=N–C) groups is 1. The Balaban J connectivity index is 1.88. The Morgan fingerprint density at radius 1 is 1.12 bits per heavy atom. The number of amides is 1. The Morgan fingerprint density at radius 2 is 1.83 bits per heavy atom. The highest BCUT2D eigenvalue weighted by Crippen LogP contribution is 2.33. The molecule has 2 aromatic rings. The van der Waals surface area contributed by atoms with E-state index in [9.17, 15) is 4.79 Å². The summed E-state index contributed by atoms with van der Waals surface area (Å²) in [7, 11) is 1.77. The number of carbonyl (C=O) groups excluding carboxylic acids is 1. The molecule has 0 aliphatic carbocycles. The van der Waals surface area contributed by atoms with Crippen LogP contribution in [0.1, 0.15) is 11.1 Å². The highest BCUT2D eigenvalue weighted by Gasteiger charge is 2.30. The molecule has 0 N–H and O–H groups in total. The zero-order valence-corrected chi connectivity index (χ0v) is 15.4. The standard InChI is InChI=1S/C19H18N2OS2/c1-13-6-4-5-7-16(13)20-19-21(2)18(22)17(24-19)12-14-8-10-15(23-3)11-9-14/h4-12H,1-3H3/b17-12+,20-19?. The molecule has 0 radical (unpaired) electrons. The molecule has 24 heavy (non-hydrogen) atoms. The van der Waals surface area contributed by atoms with Gasteiger partial charge in [-0.15, -0.1) is 11.8 Å². The monoisotopic (exact) mass is 354 g/mol. The Kier molecular flexibility index (Phi) is 5.11. The fourth-order valence-corrected chi connectivity index (χ4v) is 3.68. The fraction of sp³-hybridized carbons (Fsp3) is 0.158. The predicted molar refractivity (Wildman–Crippen MR) is 105 cm³/mol. The Bertz CT molecular complexity index is 826. The van der Waals surface area contributed by atoms with Crippen LogP contribution in [0.15, 0.2) is 63.3 Å². The lowest BCUT2D eigenvalue weighted by Gasteiger charge is -2.08. The van der Waals surface area contributed by atoms with Crippen molar-refractivity contribution in [2.45, 2.75) is 11.8 Å². The summed E-state index contributed by atoms with van der Waals surface area (Å²) in [5, 5.41) is 0.710. The van der Waals surface area contributed by atoms with E-state index in [1.54, 1.807) is 23.7 Å². The summed E-state index contributed by atoms with van der Waals surface area (Å²) in [6, 6.07) is 16.1. The molecule has 0 aromatic heterocycles. The van der Waals surface area contributed by atoms with Crippen LogP contribution >= 0.6 is 23.5 Å². The van der Waals surface area contributed by atoms with Crippen LogP contribution in [-0.4, -0.2) is 29.3 Å². The second-order valence-corrected chi connectivity index (χ2v) is 7.32. The van der Waals surface area contributed by atoms with Crippen molar-refractivity contribution in [3.8, 4) is 0 Å². The maximum absolute atomic E-state index is 12.5. The van der Waals surface area contributed by atoms with E-state index >= 15 is 0 Å². The summed E-state index contributed by atoms with van der Waals surface area (Å²) < 4.78 is 0. The molecule has 1 fully saturated rings. The summed E-state index contributed by atoms with van der Waals surface area (Å²) in [5.41, 5.74) is 3.01. The number of para-hydroxylation sites is 1. The van der Waals surface area contributed by atoms with Gasteiger partial charge in [0, 0.05) is 11.9 Å². The van der Waals surface area contributed by atoms with Crippen LogP contribution in [0, 0.1) is 6.92 Å². The molecule has 3 rings (SSSR count). The first-order valence-electron chi connectivity index (χ1n) is 7.54. The lowest BCUT2D eigenvalue weighted by atomic mass is 10.2. The molecule has 2 aromatic carbocycles. The third-order valence-electron chi connectivity index (χ3n) is 3.75. The summed E-state index contributed by atoms with van der Waals surface area (Å²) >= 11 is 3.12. The summed E-state index contributed by atoms with van der Waals surface area (Å²) in [6.45, 7) is 2.02. The fourth-order valence-electron chi connectivity index (χ4n) is 2.30. The van der Waals surface area contributed by atoms with Crippen molar-refractivity contribution < 1.29 is 4.79 Å². The van der Waals surface area contributed by atoms with Crippen molar-refractivity contribution in [3.05, 3.63) is 64.6 Å². The molecule has 0 spiro atoms. The molecule has 0 atom stereocenters. The molecule has 122 valence electrons. The Labute approximate surface area is 150 Å². The van der Waals surface area contributed by atoms with Crippen LogP contribution in [0.5, 0.6) is 0 Å². The SMILES string of the molecule is CSc1ccc(/C=C2/SC(=Nc3ccccc3C)N(C)C2=O)cc1. The van der Waals surface area contributed by atoms with Crippen molar-refractivity contribution in [3.63, 3.8) is 0 Å². The molecule has 0 bridgehead atoms. The number of nitrogens with zero attached hydrogens (tertiary/aromatic N) is 2. The van der Waals surface area contributed by atoms with E-state index in [0.29, 0.717) is 10.1 Å². The molecular formula is C19H18N2OS2. The normalized spacial score (nSPS) is 18.0. The van der Waals surface area contributed by atoms with Crippen molar-refractivity contribution in [1.29, 1.82) is 0 Å². The van der Waals surface area contributed by atoms with Crippen LogP contribution in [0.2, 0.25) is 0 Å². The predicted octanol–water partition coefficient (Wildman–Crippen LogP) is 4.95. The van der Waals surface area contributed by atoms with Gasteiger partial charge in [0.2, 0.25) is 0 Å². The first kappa shape index (κ1) is 16.9. The number of hydrogen-bond acceptors (Lipinski definition) is 4. The van der Waals surface area contributed by atoms with Crippen molar-refractivity contribution in [2.24, 2.45) is 4.99 Å². The summed E-state index contributed by atoms with van der Waals surface area (Å²) in [5.74, 6) is -0.0127. The quantitative estimate of drug-likeness (QED) is 0.577. The molecule has 1 aliphatic heterocycles. The van der Waals surface area contributed by atoms with E-state index in [4.69, 9.17) is 0 Å². The first-order valence-corrected chi connectivity index (χ1v) is 9.58. The highest BCUT2D eigenvalue weighted by atomic mass is 32.2. The van der Waals surface area contributed by atoms with Crippen LogP contribution in [0.4, 0.5) is 5.69 Å². The average molecular weight is 355 g/mol. The van der Waals surface area contributed by atoms with Gasteiger partial charge in [-0.3, -0.25) is 9.69 Å². The van der Waals surface area contributed by atoms with E-state index in [1.807, 2.05) is 55.7 Å². The van der Waals surface area contributed by atoms with Crippen LogP contribution < -0.4 is 0 Å². The van der Waals surface area contributed by atoms with Gasteiger partial charge < -0.3 is 0 Å². The van der Waals surface area contributed by atoms with Crippen molar-refractivity contribution in [2.75, 3.05) is 13.3 Å². The van der Waals surface area contributed by atoms with E-state index in [-0.39, 0.29) is 5.91 Å². The third-order valence-corrected chi connectivity index (χ3v) is 5.55. The second-order valence-electron chi connectivity index (χ2n) is 5.43. The number of carbonyl (C=O) groups is 1.